The largest absolute Gasteiger partial charge is 0.463 e. The molecular weight excluding hydrogens is 286 g/mol. The Morgan fingerprint density at radius 2 is 2.21 bits per heavy atom. The summed E-state index contributed by atoms with van der Waals surface area (Å²) in [6, 6.07) is 8.67. The molecule has 6 heteroatoms. The first-order chi connectivity index (χ1) is 9.10. The molecule has 0 saturated heterocycles. The molecule has 0 aliphatic rings. The molecule has 1 aromatic heterocycles. The standard InChI is InChI=1S/C13H12ClNO3S/c1-17-13(16)11-4-3-9(18-11)7-19-12-5-2-8(15)6-10(12)14/h2-6H,7,15H2,1H3. The lowest BCUT2D eigenvalue weighted by Crippen LogP contribution is -1.98. The summed E-state index contributed by atoms with van der Waals surface area (Å²) in [5.74, 6) is 0.960. The molecule has 0 fully saturated rings. The molecule has 0 aliphatic carbocycles. The van der Waals surface area contributed by atoms with Crippen LogP contribution in [0.15, 0.2) is 39.6 Å². The Kier molecular flexibility index (Phi) is 4.39. The second-order valence-electron chi connectivity index (χ2n) is 3.74. The number of ether oxygens (including phenoxy) is 1. The Hall–Kier alpha value is -1.59. The smallest absolute Gasteiger partial charge is 0.373 e. The third-order valence-electron chi connectivity index (χ3n) is 2.37. The number of methoxy groups -OCH3 is 1. The maximum atomic E-state index is 11.2. The van der Waals surface area contributed by atoms with Gasteiger partial charge in [-0.3, -0.25) is 0 Å². The molecule has 2 rings (SSSR count). The van der Waals surface area contributed by atoms with Gasteiger partial charge in [0.15, 0.2) is 0 Å². The number of hydrogen-bond donors (Lipinski definition) is 1. The monoisotopic (exact) mass is 297 g/mol. The Balaban J connectivity index is 2.02. The molecule has 0 aliphatic heterocycles. The van der Waals surface area contributed by atoms with Gasteiger partial charge in [-0.25, -0.2) is 4.79 Å². The molecule has 19 heavy (non-hydrogen) atoms. The minimum atomic E-state index is -0.484. The molecule has 0 saturated carbocycles. The van der Waals surface area contributed by atoms with Crippen LogP contribution in [0.5, 0.6) is 0 Å². The maximum Gasteiger partial charge on any atom is 0.373 e. The van der Waals surface area contributed by atoms with E-state index >= 15 is 0 Å². The zero-order valence-electron chi connectivity index (χ0n) is 10.2. The van der Waals surface area contributed by atoms with E-state index in [2.05, 4.69) is 4.74 Å². The first-order valence-corrected chi connectivity index (χ1v) is 6.81. The third-order valence-corrected chi connectivity index (χ3v) is 3.89. The Morgan fingerprint density at radius 1 is 1.42 bits per heavy atom. The highest BCUT2D eigenvalue weighted by Gasteiger charge is 2.11. The van der Waals surface area contributed by atoms with Crippen molar-refractivity contribution in [3.05, 3.63) is 46.9 Å². The van der Waals surface area contributed by atoms with E-state index in [1.54, 1.807) is 24.3 Å². The first-order valence-electron chi connectivity index (χ1n) is 5.45. The van der Waals surface area contributed by atoms with Gasteiger partial charge in [0.1, 0.15) is 5.76 Å². The Bertz CT molecular complexity index is 597. The van der Waals surface area contributed by atoms with Crippen LogP contribution in [0.2, 0.25) is 5.02 Å². The lowest BCUT2D eigenvalue weighted by Gasteiger charge is -2.03. The zero-order chi connectivity index (χ0) is 13.8. The zero-order valence-corrected chi connectivity index (χ0v) is 11.8. The quantitative estimate of drug-likeness (QED) is 0.531. The van der Waals surface area contributed by atoms with Gasteiger partial charge in [0.2, 0.25) is 5.76 Å². The topological polar surface area (TPSA) is 65.5 Å². The number of halogens is 1. The molecule has 0 bridgehead atoms. The van der Waals surface area contributed by atoms with Crippen LogP contribution < -0.4 is 5.73 Å². The van der Waals surface area contributed by atoms with Crippen LogP contribution in [-0.2, 0) is 10.5 Å². The highest BCUT2D eigenvalue weighted by molar-refractivity contribution is 7.98. The predicted octanol–water partition coefficient (Wildman–Crippen LogP) is 3.59. The summed E-state index contributed by atoms with van der Waals surface area (Å²) in [5, 5.41) is 0.602. The highest BCUT2D eigenvalue weighted by Crippen LogP contribution is 2.31. The normalized spacial score (nSPS) is 10.4. The second-order valence-corrected chi connectivity index (χ2v) is 5.16. The first kappa shape index (κ1) is 13.8. The van der Waals surface area contributed by atoms with E-state index in [0.29, 0.717) is 22.2 Å². The molecule has 0 radical (unpaired) electrons. The highest BCUT2D eigenvalue weighted by atomic mass is 35.5. The Labute approximate surface area is 119 Å². The fraction of sp³-hybridized carbons (Fsp3) is 0.154. The van der Waals surface area contributed by atoms with Gasteiger partial charge in [0.25, 0.3) is 0 Å². The van der Waals surface area contributed by atoms with Gasteiger partial charge in [0.05, 0.1) is 17.9 Å². The molecule has 2 aromatic rings. The van der Waals surface area contributed by atoms with E-state index in [9.17, 15) is 4.79 Å². The summed E-state index contributed by atoms with van der Waals surface area (Å²) in [6.45, 7) is 0. The van der Waals surface area contributed by atoms with Crippen molar-refractivity contribution in [3.63, 3.8) is 0 Å². The van der Waals surface area contributed by atoms with Crippen LogP contribution in [0.3, 0.4) is 0 Å². The van der Waals surface area contributed by atoms with Gasteiger partial charge in [-0.05, 0) is 30.3 Å². The summed E-state index contributed by atoms with van der Waals surface area (Å²) in [6.07, 6.45) is 0. The number of hydrogen-bond acceptors (Lipinski definition) is 5. The van der Waals surface area contributed by atoms with Gasteiger partial charge in [0, 0.05) is 10.6 Å². The van der Waals surface area contributed by atoms with Gasteiger partial charge in [-0.15, -0.1) is 11.8 Å². The van der Waals surface area contributed by atoms with Gasteiger partial charge < -0.3 is 14.9 Å². The van der Waals surface area contributed by atoms with Crippen molar-refractivity contribution in [2.45, 2.75) is 10.6 Å². The summed E-state index contributed by atoms with van der Waals surface area (Å²) in [5.41, 5.74) is 6.25. The average molecular weight is 298 g/mol. The molecule has 0 spiro atoms. The molecule has 1 aromatic carbocycles. The summed E-state index contributed by atoms with van der Waals surface area (Å²) in [4.78, 5) is 12.1. The van der Waals surface area contributed by atoms with E-state index in [1.165, 1.54) is 18.9 Å². The minimum Gasteiger partial charge on any atom is -0.463 e. The molecule has 4 nitrogen and oxygen atoms in total. The van der Waals surface area contributed by atoms with Crippen molar-refractivity contribution in [1.29, 1.82) is 0 Å². The predicted molar refractivity (Wildman–Crippen MR) is 75.5 cm³/mol. The SMILES string of the molecule is COC(=O)c1ccc(CSc2ccc(N)cc2Cl)o1. The van der Waals surface area contributed by atoms with Crippen LogP contribution in [0.4, 0.5) is 5.69 Å². The van der Waals surface area contributed by atoms with Crippen molar-refractivity contribution < 1.29 is 13.9 Å². The van der Waals surface area contributed by atoms with Crippen molar-refractivity contribution >= 4 is 35.0 Å². The van der Waals surface area contributed by atoms with Gasteiger partial charge in [-0.1, -0.05) is 11.6 Å². The van der Waals surface area contributed by atoms with E-state index in [1.807, 2.05) is 6.07 Å². The van der Waals surface area contributed by atoms with Crippen LogP contribution in [0.25, 0.3) is 0 Å². The van der Waals surface area contributed by atoms with Crippen LogP contribution in [-0.4, -0.2) is 13.1 Å². The van der Waals surface area contributed by atoms with Crippen LogP contribution in [0.1, 0.15) is 16.3 Å². The van der Waals surface area contributed by atoms with Crippen molar-refractivity contribution in [1.82, 2.24) is 0 Å². The number of rotatable bonds is 4. The number of carbonyl (C=O) groups is 1. The van der Waals surface area contributed by atoms with E-state index in [4.69, 9.17) is 21.8 Å². The number of nitrogens with two attached hydrogens (primary N) is 1. The van der Waals surface area contributed by atoms with Crippen molar-refractivity contribution in [3.8, 4) is 0 Å². The maximum absolute atomic E-state index is 11.2. The molecule has 0 amide bonds. The number of esters is 1. The van der Waals surface area contributed by atoms with Crippen molar-refractivity contribution in [2.24, 2.45) is 0 Å². The number of benzene rings is 1. The third kappa shape index (κ3) is 3.45. The number of carbonyl (C=O) groups excluding carboxylic acids is 1. The summed E-state index contributed by atoms with van der Waals surface area (Å²) < 4.78 is 9.93. The minimum absolute atomic E-state index is 0.196. The number of anilines is 1. The molecule has 0 atom stereocenters. The second kappa shape index (κ2) is 6.04. The summed E-state index contributed by atoms with van der Waals surface area (Å²) >= 11 is 7.58. The molecule has 100 valence electrons. The van der Waals surface area contributed by atoms with Gasteiger partial charge >= 0.3 is 5.97 Å². The molecule has 2 N–H and O–H groups in total. The van der Waals surface area contributed by atoms with Gasteiger partial charge in [-0.2, -0.15) is 0 Å². The van der Waals surface area contributed by atoms with Crippen LogP contribution in [0, 0.1) is 0 Å². The summed E-state index contributed by atoms with van der Waals surface area (Å²) in [7, 11) is 1.31. The average Bonchev–Trinajstić information content (AvgIpc) is 2.85. The molecule has 1 heterocycles. The number of nitrogen functional groups attached to an aromatic ring is 1. The van der Waals surface area contributed by atoms with E-state index in [-0.39, 0.29) is 5.76 Å². The van der Waals surface area contributed by atoms with Crippen LogP contribution >= 0.6 is 23.4 Å². The number of thioether (sulfide) groups is 1. The van der Waals surface area contributed by atoms with E-state index in [0.717, 1.165) is 4.90 Å². The van der Waals surface area contributed by atoms with E-state index < -0.39 is 5.97 Å². The lowest BCUT2D eigenvalue weighted by molar-refractivity contribution is 0.0563. The number of furan rings is 1. The lowest BCUT2D eigenvalue weighted by atomic mass is 10.3. The molecular formula is C13H12ClNO3S. The fourth-order valence-electron chi connectivity index (χ4n) is 1.45. The fourth-order valence-corrected chi connectivity index (χ4v) is 2.62. The molecule has 0 unspecified atom stereocenters. The van der Waals surface area contributed by atoms with Crippen molar-refractivity contribution in [2.75, 3.05) is 12.8 Å². The Morgan fingerprint density at radius 3 is 2.89 bits per heavy atom.